The first-order valence-corrected chi connectivity index (χ1v) is 7.11. The van der Waals surface area contributed by atoms with Gasteiger partial charge < -0.3 is 20.1 Å². The number of hydrogen-bond acceptors (Lipinski definition) is 4. The predicted octanol–water partition coefficient (Wildman–Crippen LogP) is 0.798. The molecule has 2 unspecified atom stereocenters. The average Bonchev–Trinajstić information content (AvgIpc) is 2.42. The Morgan fingerprint density at radius 3 is 2.85 bits per heavy atom. The van der Waals surface area contributed by atoms with Crippen LogP contribution in [0.3, 0.4) is 0 Å². The van der Waals surface area contributed by atoms with Gasteiger partial charge >= 0.3 is 0 Å². The number of hydrogen-bond donors (Lipinski definition) is 2. The molecule has 108 valence electrons. The molecular formula is C15H20N2O3. The zero-order valence-electron chi connectivity index (χ0n) is 11.6. The standard InChI is InChI=1S/C15H20N2O3/c1-10(11-6-16-7-11)15(18)17-8-12-9-19-13-4-2-3-5-14(13)20-12/h2-5,10-12,16H,6-9H2,1H3,(H,17,18). The van der Waals surface area contributed by atoms with Crippen LogP contribution in [-0.4, -0.2) is 38.3 Å². The van der Waals surface area contributed by atoms with Gasteiger partial charge in [0.15, 0.2) is 11.5 Å². The minimum atomic E-state index is -0.124. The zero-order valence-corrected chi connectivity index (χ0v) is 11.6. The number of fused-ring (bicyclic) bond motifs is 1. The van der Waals surface area contributed by atoms with Gasteiger partial charge in [0.05, 0.1) is 6.54 Å². The van der Waals surface area contributed by atoms with Gasteiger partial charge in [0, 0.05) is 5.92 Å². The summed E-state index contributed by atoms with van der Waals surface area (Å²) in [4.78, 5) is 12.0. The number of nitrogens with one attached hydrogen (secondary N) is 2. The van der Waals surface area contributed by atoms with E-state index >= 15 is 0 Å². The lowest BCUT2D eigenvalue weighted by Crippen LogP contribution is -2.51. The number of carbonyl (C=O) groups is 1. The van der Waals surface area contributed by atoms with Crippen LogP contribution in [0.15, 0.2) is 24.3 Å². The van der Waals surface area contributed by atoms with E-state index in [1.165, 1.54) is 0 Å². The highest BCUT2D eigenvalue weighted by atomic mass is 16.6. The van der Waals surface area contributed by atoms with E-state index in [9.17, 15) is 4.79 Å². The topological polar surface area (TPSA) is 59.6 Å². The van der Waals surface area contributed by atoms with Gasteiger partial charge in [0.1, 0.15) is 12.7 Å². The molecule has 0 radical (unpaired) electrons. The van der Waals surface area contributed by atoms with E-state index in [-0.39, 0.29) is 17.9 Å². The first kappa shape index (κ1) is 13.2. The summed E-state index contributed by atoms with van der Waals surface area (Å²) in [6, 6.07) is 7.59. The monoisotopic (exact) mass is 276 g/mol. The molecule has 1 amide bonds. The van der Waals surface area contributed by atoms with Crippen molar-refractivity contribution in [2.45, 2.75) is 13.0 Å². The molecule has 3 rings (SSSR count). The Morgan fingerprint density at radius 1 is 1.40 bits per heavy atom. The van der Waals surface area contributed by atoms with E-state index in [1.807, 2.05) is 31.2 Å². The number of para-hydroxylation sites is 2. The lowest BCUT2D eigenvalue weighted by atomic mass is 9.88. The van der Waals surface area contributed by atoms with E-state index in [0.717, 1.165) is 24.6 Å². The molecule has 1 fully saturated rings. The second-order valence-electron chi connectivity index (χ2n) is 5.45. The number of carbonyl (C=O) groups excluding carboxylic acids is 1. The summed E-state index contributed by atoms with van der Waals surface area (Å²) < 4.78 is 11.4. The number of ether oxygens (including phenoxy) is 2. The van der Waals surface area contributed by atoms with Gasteiger partial charge in [0.2, 0.25) is 5.91 Å². The van der Waals surface area contributed by atoms with Crippen molar-refractivity contribution in [2.75, 3.05) is 26.2 Å². The van der Waals surface area contributed by atoms with Gasteiger partial charge in [-0.3, -0.25) is 4.79 Å². The van der Waals surface area contributed by atoms with E-state index in [1.54, 1.807) is 0 Å². The summed E-state index contributed by atoms with van der Waals surface area (Å²) in [6.07, 6.45) is -0.124. The highest BCUT2D eigenvalue weighted by Crippen LogP contribution is 2.30. The highest BCUT2D eigenvalue weighted by Gasteiger charge is 2.29. The predicted molar refractivity (Wildman–Crippen MR) is 74.9 cm³/mol. The molecule has 2 aliphatic heterocycles. The maximum absolute atomic E-state index is 12.0. The maximum Gasteiger partial charge on any atom is 0.223 e. The highest BCUT2D eigenvalue weighted by molar-refractivity contribution is 5.78. The number of benzene rings is 1. The molecule has 0 saturated carbocycles. The molecule has 2 aliphatic rings. The van der Waals surface area contributed by atoms with Crippen molar-refractivity contribution in [3.63, 3.8) is 0 Å². The molecule has 5 nitrogen and oxygen atoms in total. The Balaban J connectivity index is 1.48. The Bertz CT molecular complexity index is 488. The molecule has 1 aromatic carbocycles. The second-order valence-corrected chi connectivity index (χ2v) is 5.45. The van der Waals surface area contributed by atoms with Crippen molar-refractivity contribution in [1.29, 1.82) is 0 Å². The van der Waals surface area contributed by atoms with Crippen LogP contribution in [0.4, 0.5) is 0 Å². The largest absolute Gasteiger partial charge is 0.486 e. The molecule has 0 aromatic heterocycles. The van der Waals surface area contributed by atoms with Gasteiger partial charge in [-0.2, -0.15) is 0 Å². The average molecular weight is 276 g/mol. The molecule has 1 aromatic rings. The summed E-state index contributed by atoms with van der Waals surface area (Å²) in [5.41, 5.74) is 0. The van der Waals surface area contributed by atoms with Crippen molar-refractivity contribution in [2.24, 2.45) is 11.8 Å². The summed E-state index contributed by atoms with van der Waals surface area (Å²) in [5, 5.41) is 6.15. The van der Waals surface area contributed by atoms with Crippen LogP contribution in [0, 0.1) is 11.8 Å². The molecule has 2 N–H and O–H groups in total. The number of amides is 1. The first-order valence-electron chi connectivity index (χ1n) is 7.11. The second kappa shape index (κ2) is 5.71. The Labute approximate surface area is 118 Å². The lowest BCUT2D eigenvalue weighted by molar-refractivity contribution is -0.127. The van der Waals surface area contributed by atoms with Crippen molar-refractivity contribution in [3.05, 3.63) is 24.3 Å². The van der Waals surface area contributed by atoms with E-state index in [2.05, 4.69) is 10.6 Å². The SMILES string of the molecule is CC(C(=O)NCC1COc2ccccc2O1)C1CNC1. The van der Waals surface area contributed by atoms with Crippen LogP contribution in [-0.2, 0) is 4.79 Å². The van der Waals surface area contributed by atoms with Crippen LogP contribution in [0.25, 0.3) is 0 Å². The smallest absolute Gasteiger partial charge is 0.223 e. The quantitative estimate of drug-likeness (QED) is 0.854. The minimum Gasteiger partial charge on any atom is -0.486 e. The molecule has 0 spiro atoms. The molecule has 0 bridgehead atoms. The van der Waals surface area contributed by atoms with Gasteiger partial charge in [-0.25, -0.2) is 0 Å². The van der Waals surface area contributed by atoms with Gasteiger partial charge in [-0.1, -0.05) is 19.1 Å². The van der Waals surface area contributed by atoms with E-state index in [4.69, 9.17) is 9.47 Å². The third-order valence-corrected chi connectivity index (χ3v) is 4.01. The zero-order chi connectivity index (χ0) is 13.9. The van der Waals surface area contributed by atoms with Crippen molar-refractivity contribution >= 4 is 5.91 Å². The minimum absolute atomic E-state index is 0.0491. The molecule has 2 heterocycles. The molecule has 2 atom stereocenters. The fraction of sp³-hybridized carbons (Fsp3) is 0.533. The Hall–Kier alpha value is -1.75. The normalized spacial score (nSPS) is 22.8. The third-order valence-electron chi connectivity index (χ3n) is 4.01. The Morgan fingerprint density at radius 2 is 2.15 bits per heavy atom. The molecule has 1 saturated heterocycles. The molecule has 5 heteroatoms. The fourth-order valence-corrected chi connectivity index (χ4v) is 2.42. The summed E-state index contributed by atoms with van der Waals surface area (Å²) in [6.45, 7) is 4.80. The van der Waals surface area contributed by atoms with E-state index in [0.29, 0.717) is 19.1 Å². The van der Waals surface area contributed by atoms with Crippen molar-refractivity contribution in [3.8, 4) is 11.5 Å². The van der Waals surface area contributed by atoms with Crippen molar-refractivity contribution in [1.82, 2.24) is 10.6 Å². The van der Waals surface area contributed by atoms with Gasteiger partial charge in [-0.05, 0) is 31.1 Å². The molecule has 0 aliphatic carbocycles. The fourth-order valence-electron chi connectivity index (χ4n) is 2.42. The molecular weight excluding hydrogens is 256 g/mol. The third kappa shape index (κ3) is 2.72. The Kier molecular flexibility index (Phi) is 3.78. The lowest BCUT2D eigenvalue weighted by Gasteiger charge is -2.32. The van der Waals surface area contributed by atoms with Crippen LogP contribution in [0.1, 0.15) is 6.92 Å². The molecule has 20 heavy (non-hydrogen) atoms. The van der Waals surface area contributed by atoms with Gasteiger partial charge in [-0.15, -0.1) is 0 Å². The summed E-state index contributed by atoms with van der Waals surface area (Å²) in [5.74, 6) is 2.12. The maximum atomic E-state index is 12.0. The van der Waals surface area contributed by atoms with Crippen LogP contribution in [0.2, 0.25) is 0 Å². The van der Waals surface area contributed by atoms with Crippen LogP contribution >= 0.6 is 0 Å². The van der Waals surface area contributed by atoms with Crippen LogP contribution < -0.4 is 20.1 Å². The van der Waals surface area contributed by atoms with Crippen LogP contribution in [0.5, 0.6) is 11.5 Å². The van der Waals surface area contributed by atoms with E-state index < -0.39 is 0 Å². The summed E-state index contributed by atoms with van der Waals surface area (Å²) in [7, 11) is 0. The number of rotatable bonds is 4. The van der Waals surface area contributed by atoms with Crippen molar-refractivity contribution < 1.29 is 14.3 Å². The summed E-state index contributed by atoms with van der Waals surface area (Å²) >= 11 is 0. The van der Waals surface area contributed by atoms with Gasteiger partial charge in [0.25, 0.3) is 0 Å². The first-order chi connectivity index (χ1) is 9.74.